The molecule has 2 N–H and O–H groups in total. The smallest absolute Gasteiger partial charge is 0.257 e. The van der Waals surface area contributed by atoms with Crippen molar-refractivity contribution in [2.75, 3.05) is 26.7 Å². The molecule has 0 saturated carbocycles. The van der Waals surface area contributed by atoms with E-state index in [1.807, 2.05) is 0 Å². The number of hydrogen-bond donors (Lipinski definition) is 2. The summed E-state index contributed by atoms with van der Waals surface area (Å²) in [5.74, 6) is -1.01. The number of halogens is 1. The molecule has 0 aromatic heterocycles. The molecule has 8 heteroatoms. The Morgan fingerprint density at radius 3 is 2.45 bits per heavy atom. The summed E-state index contributed by atoms with van der Waals surface area (Å²) in [7, 11) is 1.52. The average molecular weight is 454 g/mol. The Kier molecular flexibility index (Phi) is 8.18. The zero-order valence-electron chi connectivity index (χ0n) is 18.6. The number of amides is 3. The summed E-state index contributed by atoms with van der Waals surface area (Å²) in [6.45, 7) is 4.76. The largest absolute Gasteiger partial charge is 0.496 e. The maximum Gasteiger partial charge on any atom is 0.257 e. The zero-order valence-corrected chi connectivity index (χ0v) is 18.6. The van der Waals surface area contributed by atoms with Gasteiger partial charge in [0.15, 0.2) is 0 Å². The summed E-state index contributed by atoms with van der Waals surface area (Å²) >= 11 is 0. The number of rotatable bonds is 8. The second kappa shape index (κ2) is 11.3. The molecule has 3 amide bonds. The summed E-state index contributed by atoms with van der Waals surface area (Å²) in [4.78, 5) is 40.2. The van der Waals surface area contributed by atoms with Gasteiger partial charge in [0.25, 0.3) is 11.8 Å². The van der Waals surface area contributed by atoms with Crippen molar-refractivity contribution in [3.8, 4) is 5.75 Å². The van der Waals surface area contributed by atoms with E-state index in [9.17, 15) is 18.8 Å². The Labute approximate surface area is 192 Å². The number of methoxy groups -OCH3 is 1. The van der Waals surface area contributed by atoms with Crippen LogP contribution >= 0.6 is 0 Å². The van der Waals surface area contributed by atoms with Gasteiger partial charge in [-0.3, -0.25) is 14.4 Å². The minimum Gasteiger partial charge on any atom is -0.496 e. The molecule has 7 nitrogen and oxygen atoms in total. The molecule has 1 heterocycles. The zero-order chi connectivity index (χ0) is 23.8. The Bertz CT molecular complexity index is 1000. The molecule has 1 aliphatic heterocycles. The third-order valence-corrected chi connectivity index (χ3v) is 5.73. The summed E-state index contributed by atoms with van der Waals surface area (Å²) in [5, 5.41) is 5.54. The van der Waals surface area contributed by atoms with Crippen LogP contribution in [0.25, 0.3) is 0 Å². The highest BCUT2D eigenvalue weighted by Crippen LogP contribution is 2.25. The first kappa shape index (κ1) is 24.0. The third kappa shape index (κ3) is 5.97. The predicted molar refractivity (Wildman–Crippen MR) is 122 cm³/mol. The minimum atomic E-state index is -0.786. The number of carbonyl (C=O) groups excluding carboxylic acids is 3. The van der Waals surface area contributed by atoms with Gasteiger partial charge in [0.1, 0.15) is 17.6 Å². The molecular formula is C25H28FN3O4. The van der Waals surface area contributed by atoms with Crippen molar-refractivity contribution >= 4 is 17.7 Å². The highest BCUT2D eigenvalue weighted by molar-refractivity contribution is 5.98. The molecule has 3 rings (SSSR count). The Morgan fingerprint density at radius 1 is 1.15 bits per heavy atom. The number of piperidine rings is 1. The van der Waals surface area contributed by atoms with Crippen LogP contribution in [-0.4, -0.2) is 55.4 Å². The van der Waals surface area contributed by atoms with Crippen LogP contribution in [0.1, 0.15) is 33.6 Å². The molecule has 1 atom stereocenters. The monoisotopic (exact) mass is 453 g/mol. The van der Waals surface area contributed by atoms with Crippen molar-refractivity contribution in [2.45, 2.75) is 18.9 Å². The van der Waals surface area contributed by atoms with E-state index in [0.717, 1.165) is 0 Å². The van der Waals surface area contributed by atoms with E-state index in [0.29, 0.717) is 37.2 Å². The standard InChI is InChI=1S/C25H28FN3O4/c1-3-14-27-24(31)22(28-23(30)18-8-10-19(26)11-9-18)17-12-15-29(16-13-17)25(32)20-6-4-5-7-21(20)33-2/h3-11,17,22H,1,12-16H2,2H3,(H,27,31)(H,28,30)/t22-/m0/s1. The number of benzene rings is 2. The fourth-order valence-corrected chi connectivity index (χ4v) is 3.93. The van der Waals surface area contributed by atoms with Crippen molar-refractivity contribution < 1.29 is 23.5 Å². The van der Waals surface area contributed by atoms with Gasteiger partial charge in [-0.25, -0.2) is 4.39 Å². The van der Waals surface area contributed by atoms with Gasteiger partial charge in [-0.05, 0) is 55.2 Å². The van der Waals surface area contributed by atoms with Crippen LogP contribution in [0.3, 0.4) is 0 Å². The van der Waals surface area contributed by atoms with E-state index < -0.39 is 17.8 Å². The van der Waals surface area contributed by atoms with Crippen LogP contribution in [0, 0.1) is 11.7 Å². The van der Waals surface area contributed by atoms with Crippen molar-refractivity contribution in [2.24, 2.45) is 5.92 Å². The lowest BCUT2D eigenvalue weighted by molar-refractivity contribution is -0.124. The summed E-state index contributed by atoms with van der Waals surface area (Å²) < 4.78 is 18.5. The van der Waals surface area contributed by atoms with Gasteiger partial charge in [-0.1, -0.05) is 18.2 Å². The number of ether oxygens (including phenoxy) is 1. The first-order valence-corrected chi connectivity index (χ1v) is 10.8. The van der Waals surface area contributed by atoms with E-state index in [1.165, 1.54) is 31.4 Å². The molecule has 2 aromatic carbocycles. The van der Waals surface area contributed by atoms with E-state index in [2.05, 4.69) is 17.2 Å². The molecule has 0 radical (unpaired) electrons. The van der Waals surface area contributed by atoms with Crippen molar-refractivity contribution in [3.05, 3.63) is 78.1 Å². The first-order chi connectivity index (χ1) is 15.9. The third-order valence-electron chi connectivity index (χ3n) is 5.73. The Balaban J connectivity index is 1.69. The lowest BCUT2D eigenvalue weighted by Gasteiger charge is -2.36. The number of nitrogens with one attached hydrogen (secondary N) is 2. The SMILES string of the molecule is C=CCNC(=O)[C@@H](NC(=O)c1ccc(F)cc1)C1CCN(C(=O)c2ccccc2OC)CC1. The van der Waals surface area contributed by atoms with Crippen LogP contribution in [0.15, 0.2) is 61.2 Å². The first-order valence-electron chi connectivity index (χ1n) is 10.8. The number of para-hydroxylation sites is 1. The van der Waals surface area contributed by atoms with Crippen molar-refractivity contribution in [1.82, 2.24) is 15.5 Å². The van der Waals surface area contributed by atoms with Gasteiger partial charge in [-0.2, -0.15) is 0 Å². The molecule has 0 bridgehead atoms. The summed E-state index contributed by atoms with van der Waals surface area (Å²) in [6, 6.07) is 11.4. The minimum absolute atomic E-state index is 0.131. The van der Waals surface area contributed by atoms with Crippen LogP contribution in [-0.2, 0) is 4.79 Å². The van der Waals surface area contributed by atoms with E-state index in [4.69, 9.17) is 4.74 Å². The Morgan fingerprint density at radius 2 is 1.82 bits per heavy atom. The lowest BCUT2D eigenvalue weighted by Crippen LogP contribution is -2.53. The van der Waals surface area contributed by atoms with Crippen LogP contribution in [0.4, 0.5) is 4.39 Å². The molecule has 33 heavy (non-hydrogen) atoms. The van der Waals surface area contributed by atoms with Crippen LogP contribution < -0.4 is 15.4 Å². The molecular weight excluding hydrogens is 425 g/mol. The van der Waals surface area contributed by atoms with Crippen LogP contribution in [0.2, 0.25) is 0 Å². The molecule has 0 unspecified atom stereocenters. The average Bonchev–Trinajstić information content (AvgIpc) is 2.85. The fraction of sp³-hybridized carbons (Fsp3) is 0.320. The lowest BCUT2D eigenvalue weighted by atomic mass is 9.88. The number of likely N-dealkylation sites (tertiary alicyclic amines) is 1. The van der Waals surface area contributed by atoms with E-state index in [1.54, 1.807) is 35.2 Å². The van der Waals surface area contributed by atoms with Gasteiger partial charge < -0.3 is 20.3 Å². The van der Waals surface area contributed by atoms with Gasteiger partial charge in [0.2, 0.25) is 5.91 Å². The highest BCUT2D eigenvalue weighted by Gasteiger charge is 2.34. The molecule has 0 spiro atoms. The maximum atomic E-state index is 13.2. The second-order valence-corrected chi connectivity index (χ2v) is 7.82. The number of hydrogen-bond acceptors (Lipinski definition) is 4. The quantitative estimate of drug-likeness (QED) is 0.602. The van der Waals surface area contributed by atoms with E-state index >= 15 is 0 Å². The topological polar surface area (TPSA) is 87.7 Å². The fourth-order valence-electron chi connectivity index (χ4n) is 3.93. The van der Waals surface area contributed by atoms with Crippen molar-refractivity contribution in [3.63, 3.8) is 0 Å². The normalized spacial score (nSPS) is 14.8. The number of nitrogens with zero attached hydrogens (tertiary/aromatic N) is 1. The molecule has 1 aliphatic rings. The summed E-state index contributed by atoms with van der Waals surface area (Å²) in [6.07, 6.45) is 2.64. The van der Waals surface area contributed by atoms with E-state index in [-0.39, 0.29) is 29.8 Å². The second-order valence-electron chi connectivity index (χ2n) is 7.82. The molecule has 0 aliphatic carbocycles. The Hall–Kier alpha value is -3.68. The van der Waals surface area contributed by atoms with Gasteiger partial charge in [0.05, 0.1) is 12.7 Å². The van der Waals surface area contributed by atoms with Gasteiger partial charge >= 0.3 is 0 Å². The molecule has 174 valence electrons. The molecule has 1 fully saturated rings. The number of carbonyl (C=O) groups is 3. The molecule has 1 saturated heterocycles. The predicted octanol–water partition coefficient (Wildman–Crippen LogP) is 2.79. The van der Waals surface area contributed by atoms with Crippen molar-refractivity contribution in [1.29, 1.82) is 0 Å². The van der Waals surface area contributed by atoms with Gasteiger partial charge in [-0.15, -0.1) is 6.58 Å². The maximum absolute atomic E-state index is 13.2. The van der Waals surface area contributed by atoms with Gasteiger partial charge in [0, 0.05) is 25.2 Å². The summed E-state index contributed by atoms with van der Waals surface area (Å²) in [5.41, 5.74) is 0.755. The van der Waals surface area contributed by atoms with Crippen LogP contribution in [0.5, 0.6) is 5.75 Å². The highest BCUT2D eigenvalue weighted by atomic mass is 19.1. The molecule has 2 aromatic rings.